The number of phosphoric acid groups is 1. The number of rotatable bonds is 62. The van der Waals surface area contributed by atoms with Crippen molar-refractivity contribution in [1.29, 1.82) is 0 Å². The summed E-state index contributed by atoms with van der Waals surface area (Å²) in [6.45, 7) is 6.60. The summed E-state index contributed by atoms with van der Waals surface area (Å²) in [5.41, 5.74) is 0. The normalized spacial score (nSPS) is 14.4. The minimum atomic E-state index is -4.72. The molecule has 1 N–H and O–H groups in total. The maximum atomic E-state index is 13.6. The van der Waals surface area contributed by atoms with Crippen LogP contribution in [0.1, 0.15) is 284 Å². The van der Waals surface area contributed by atoms with Gasteiger partial charge >= 0.3 is 5.97 Å². The molecule has 0 aromatic carbocycles. The van der Waals surface area contributed by atoms with E-state index in [9.17, 15) is 19.0 Å². The number of ether oxygens (including phenoxy) is 1. The van der Waals surface area contributed by atoms with Crippen LogP contribution < -0.4 is 10.2 Å². The Bertz CT molecular complexity index is 1930. The topological polar surface area (TPSA) is 114 Å². The first-order chi connectivity index (χ1) is 41.9. The number of allylic oxidation sites excluding steroid dienone is 21. The zero-order valence-electron chi connectivity index (χ0n) is 56.2. The second kappa shape index (κ2) is 64.1. The predicted molar refractivity (Wildman–Crippen MR) is 371 cm³/mol. The molecule has 1 amide bonds. The lowest BCUT2D eigenvalue weighted by molar-refractivity contribution is -0.870. The van der Waals surface area contributed by atoms with E-state index in [2.05, 4.69) is 148 Å². The number of phosphoric ester groups is 1. The van der Waals surface area contributed by atoms with Crippen LogP contribution in [-0.4, -0.2) is 69.4 Å². The van der Waals surface area contributed by atoms with Gasteiger partial charge in [-0.2, -0.15) is 0 Å². The molecule has 3 unspecified atom stereocenters. The van der Waals surface area contributed by atoms with Gasteiger partial charge in [0.25, 0.3) is 7.82 Å². The Morgan fingerprint density at radius 3 is 1.12 bits per heavy atom. The highest BCUT2D eigenvalue weighted by atomic mass is 31.2. The number of hydrogen-bond donors (Lipinski definition) is 1. The standard InChI is InChI=1S/C76H131N2O7P/c1-7-10-13-16-19-22-25-28-30-32-34-36-38-39-41-43-45-47-49-51-54-57-60-63-66-69-76(80)85-74(67-64-61-58-55-52-27-24-21-18-15-12-9-3)73(72-84-86(81,82)83-71-70-78(4,5)6)77-75(79)68-65-62-59-56-53-50-48-46-44-42-40-37-35-33-31-29-26-23-20-17-14-11-8-2/h10-11,13-14,19-20,22-23,28-31,34-37,39,41-42,44,64,67,73-74H,7-9,12,15-18,21,24-27,32-33,38,40,43,45-63,65-66,68-72H2,1-6H3,(H-,77,79,81,82)/b13-10-,14-11-,22-19-,23-20-,30-28-,31-29-,36-34-,37-35-,41-39-,44-42-,67-64+. The van der Waals surface area contributed by atoms with Crippen LogP contribution in [0.15, 0.2) is 134 Å². The first-order valence-corrected chi connectivity index (χ1v) is 36.5. The Balaban J connectivity index is 5.14. The smallest absolute Gasteiger partial charge is 0.306 e. The SMILES string of the molecule is CC/C=C\C/C=C\C/C=C\C/C=C\C/C=C\CCCCCCCCCCCC(=O)OC(/C=C/CCCCCCCCCCCC)C(COP(=O)([O-])OCC[N+](C)(C)C)NC(=O)CCCCCCCCC/C=C\C/C=C\C/C=C\C/C=C\C/C=C\CC. The third-order valence-electron chi connectivity index (χ3n) is 14.8. The highest BCUT2D eigenvalue weighted by Crippen LogP contribution is 2.38. The summed E-state index contributed by atoms with van der Waals surface area (Å²) in [4.78, 5) is 40.2. The molecule has 9 nitrogen and oxygen atoms in total. The molecule has 10 heteroatoms. The van der Waals surface area contributed by atoms with Gasteiger partial charge in [0.15, 0.2) is 0 Å². The van der Waals surface area contributed by atoms with Crippen LogP contribution in [0, 0.1) is 0 Å². The third-order valence-corrected chi connectivity index (χ3v) is 15.8. The van der Waals surface area contributed by atoms with Crippen LogP contribution in [0.3, 0.4) is 0 Å². The van der Waals surface area contributed by atoms with Crippen molar-refractivity contribution in [2.45, 2.75) is 296 Å². The van der Waals surface area contributed by atoms with E-state index in [-0.39, 0.29) is 24.9 Å². The van der Waals surface area contributed by atoms with Gasteiger partial charge in [0.1, 0.15) is 19.3 Å². The molecule has 0 saturated carbocycles. The molecule has 0 heterocycles. The lowest BCUT2D eigenvalue weighted by atomic mass is 10.0. The summed E-state index contributed by atoms with van der Waals surface area (Å²) in [6.07, 6.45) is 91.4. The summed E-state index contributed by atoms with van der Waals surface area (Å²) in [7, 11) is 1.16. The Kier molecular flexibility index (Phi) is 61.3. The maximum Gasteiger partial charge on any atom is 0.306 e. The second-order valence-corrected chi connectivity index (χ2v) is 25.7. The number of nitrogens with zero attached hydrogens (tertiary/aromatic N) is 1. The molecule has 0 aliphatic rings. The molecule has 0 bridgehead atoms. The van der Waals surface area contributed by atoms with Crippen molar-refractivity contribution in [3.63, 3.8) is 0 Å². The number of quaternary nitrogens is 1. The highest BCUT2D eigenvalue weighted by Gasteiger charge is 2.27. The molecule has 492 valence electrons. The van der Waals surface area contributed by atoms with Crippen molar-refractivity contribution in [2.75, 3.05) is 40.9 Å². The van der Waals surface area contributed by atoms with E-state index in [4.69, 9.17) is 13.8 Å². The first-order valence-electron chi connectivity index (χ1n) is 35.0. The van der Waals surface area contributed by atoms with E-state index >= 15 is 0 Å². The molecular formula is C76H131N2O7P. The largest absolute Gasteiger partial charge is 0.756 e. The molecule has 0 aromatic heterocycles. The lowest BCUT2D eigenvalue weighted by Crippen LogP contribution is -2.47. The van der Waals surface area contributed by atoms with Gasteiger partial charge in [0.2, 0.25) is 5.91 Å². The van der Waals surface area contributed by atoms with Gasteiger partial charge in [-0.1, -0.05) is 283 Å². The molecule has 0 spiro atoms. The quantitative estimate of drug-likeness (QED) is 0.0212. The van der Waals surface area contributed by atoms with E-state index in [1.54, 1.807) is 0 Å². The van der Waals surface area contributed by atoms with Gasteiger partial charge in [-0.25, -0.2) is 0 Å². The van der Waals surface area contributed by atoms with Crippen LogP contribution >= 0.6 is 7.82 Å². The van der Waals surface area contributed by atoms with Crippen molar-refractivity contribution in [3.8, 4) is 0 Å². The number of carbonyl (C=O) groups excluding carboxylic acids is 2. The fraction of sp³-hybridized carbons (Fsp3) is 0.684. The Morgan fingerprint density at radius 2 is 0.744 bits per heavy atom. The van der Waals surface area contributed by atoms with Crippen LogP contribution in [0.2, 0.25) is 0 Å². The number of carbonyl (C=O) groups is 2. The molecule has 3 atom stereocenters. The fourth-order valence-electron chi connectivity index (χ4n) is 9.52. The molecule has 0 saturated heterocycles. The van der Waals surface area contributed by atoms with E-state index in [0.717, 1.165) is 148 Å². The van der Waals surface area contributed by atoms with Gasteiger partial charge in [-0.15, -0.1) is 0 Å². The Morgan fingerprint density at radius 1 is 0.419 bits per heavy atom. The van der Waals surface area contributed by atoms with Gasteiger partial charge in [-0.3, -0.25) is 14.2 Å². The average molecular weight is 1220 g/mol. The monoisotopic (exact) mass is 1210 g/mol. The van der Waals surface area contributed by atoms with Crippen molar-refractivity contribution in [3.05, 3.63) is 134 Å². The molecule has 0 aromatic rings. The number of likely N-dealkylation sites (N-methyl/N-ethyl adjacent to an activating group) is 1. The number of hydrogen-bond acceptors (Lipinski definition) is 7. The Hall–Kier alpha value is -3.85. The van der Waals surface area contributed by atoms with E-state index in [1.165, 1.54) is 103 Å². The zero-order valence-corrected chi connectivity index (χ0v) is 57.1. The first kappa shape index (κ1) is 82.1. The van der Waals surface area contributed by atoms with Crippen LogP contribution in [0.4, 0.5) is 0 Å². The van der Waals surface area contributed by atoms with E-state index in [0.29, 0.717) is 17.4 Å². The van der Waals surface area contributed by atoms with Crippen molar-refractivity contribution >= 4 is 19.7 Å². The summed E-state index contributed by atoms with van der Waals surface area (Å²) in [5.74, 6) is -0.565. The van der Waals surface area contributed by atoms with Gasteiger partial charge in [0, 0.05) is 12.8 Å². The minimum Gasteiger partial charge on any atom is -0.756 e. The summed E-state index contributed by atoms with van der Waals surface area (Å²) >= 11 is 0. The fourth-order valence-corrected chi connectivity index (χ4v) is 10.2. The van der Waals surface area contributed by atoms with Crippen molar-refractivity contribution in [1.82, 2.24) is 5.32 Å². The summed E-state index contributed by atoms with van der Waals surface area (Å²) in [5, 5.41) is 3.03. The summed E-state index contributed by atoms with van der Waals surface area (Å²) < 4.78 is 30.4. The molecule has 0 aliphatic carbocycles. The minimum absolute atomic E-state index is 0.0325. The average Bonchev–Trinajstić information content (AvgIpc) is 3.65. The number of esters is 1. The van der Waals surface area contributed by atoms with Gasteiger partial charge < -0.3 is 28.5 Å². The van der Waals surface area contributed by atoms with Gasteiger partial charge in [0.05, 0.1) is 33.8 Å². The third kappa shape index (κ3) is 64.6. The van der Waals surface area contributed by atoms with Crippen molar-refractivity contribution < 1.29 is 37.3 Å². The molecular weight excluding hydrogens is 1080 g/mol. The zero-order chi connectivity index (χ0) is 62.8. The molecule has 0 radical (unpaired) electrons. The van der Waals surface area contributed by atoms with Crippen LogP contribution in [0.25, 0.3) is 0 Å². The number of nitrogens with one attached hydrogen (secondary N) is 1. The molecule has 0 rings (SSSR count). The van der Waals surface area contributed by atoms with E-state index < -0.39 is 26.6 Å². The molecule has 0 fully saturated rings. The highest BCUT2D eigenvalue weighted by molar-refractivity contribution is 7.45. The van der Waals surface area contributed by atoms with Crippen molar-refractivity contribution in [2.24, 2.45) is 0 Å². The van der Waals surface area contributed by atoms with E-state index in [1.807, 2.05) is 33.3 Å². The second-order valence-electron chi connectivity index (χ2n) is 24.3. The Labute approximate surface area is 530 Å². The van der Waals surface area contributed by atoms with Gasteiger partial charge in [-0.05, 0) is 122 Å². The maximum absolute atomic E-state index is 13.6. The van der Waals surface area contributed by atoms with Crippen LogP contribution in [-0.2, 0) is 27.9 Å². The summed E-state index contributed by atoms with van der Waals surface area (Å²) in [6, 6.07) is -0.908. The number of amides is 1. The number of unbranched alkanes of at least 4 members (excludes halogenated alkanes) is 26. The predicted octanol–water partition coefficient (Wildman–Crippen LogP) is 21.8. The molecule has 0 aliphatic heterocycles. The van der Waals surface area contributed by atoms with Crippen LogP contribution in [0.5, 0.6) is 0 Å². The lowest BCUT2D eigenvalue weighted by Gasteiger charge is -2.30. The molecule has 86 heavy (non-hydrogen) atoms.